The smallest absolute Gasteiger partial charge is 0.104 e. The van der Waals surface area contributed by atoms with Crippen LogP contribution in [0.15, 0.2) is 0 Å². The number of hydrogen-bond acceptors (Lipinski definition) is 4. The van der Waals surface area contributed by atoms with E-state index in [1.165, 1.54) is 0 Å². The second kappa shape index (κ2) is 5.61. The van der Waals surface area contributed by atoms with Crippen LogP contribution >= 0.6 is 0 Å². The van der Waals surface area contributed by atoms with Crippen molar-refractivity contribution in [1.82, 2.24) is 4.90 Å². The highest BCUT2D eigenvalue weighted by atomic mass is 16.3. The van der Waals surface area contributed by atoms with Gasteiger partial charge in [-0.25, -0.2) is 0 Å². The molecule has 0 saturated heterocycles. The van der Waals surface area contributed by atoms with E-state index >= 15 is 0 Å². The first-order valence-corrected chi connectivity index (χ1v) is 3.54. The van der Waals surface area contributed by atoms with Crippen molar-refractivity contribution in [1.29, 1.82) is 0 Å². The fourth-order valence-electron chi connectivity index (χ4n) is 0.817. The van der Waals surface area contributed by atoms with Crippen molar-refractivity contribution in [2.24, 2.45) is 11.5 Å². The maximum atomic E-state index is 9.09. The Morgan fingerprint density at radius 2 is 1.70 bits per heavy atom. The van der Waals surface area contributed by atoms with Crippen LogP contribution < -0.4 is 11.5 Å². The maximum Gasteiger partial charge on any atom is 0.104 e. The lowest BCUT2D eigenvalue weighted by Gasteiger charge is -2.23. The summed E-state index contributed by atoms with van der Waals surface area (Å²) in [5.74, 6) is 0. The number of rotatable bonds is 5. The molecule has 0 aliphatic carbocycles. The molecular weight excluding hydrogens is 130 g/mol. The topological polar surface area (TPSA) is 75.5 Å². The molecule has 0 aliphatic rings. The molecule has 1 unspecified atom stereocenters. The van der Waals surface area contributed by atoms with Crippen LogP contribution in [-0.2, 0) is 0 Å². The van der Waals surface area contributed by atoms with E-state index in [1.807, 2.05) is 4.90 Å². The van der Waals surface area contributed by atoms with Gasteiger partial charge < -0.3 is 16.6 Å². The molecule has 0 amide bonds. The zero-order chi connectivity index (χ0) is 7.98. The van der Waals surface area contributed by atoms with Crippen LogP contribution in [0.25, 0.3) is 0 Å². The first-order chi connectivity index (χ1) is 4.72. The van der Waals surface area contributed by atoms with Gasteiger partial charge >= 0.3 is 0 Å². The SMILES string of the molecule is CC(O)N(CCN)CCN. The Morgan fingerprint density at radius 1 is 1.30 bits per heavy atom. The van der Waals surface area contributed by atoms with Crippen LogP contribution in [0.5, 0.6) is 0 Å². The number of nitrogens with two attached hydrogens (primary N) is 2. The molecule has 0 aromatic heterocycles. The highest BCUT2D eigenvalue weighted by Gasteiger charge is 2.06. The van der Waals surface area contributed by atoms with Gasteiger partial charge in [-0.1, -0.05) is 0 Å². The van der Waals surface area contributed by atoms with Crippen LogP contribution in [0.2, 0.25) is 0 Å². The summed E-state index contributed by atoms with van der Waals surface area (Å²) < 4.78 is 0. The average molecular weight is 147 g/mol. The molecule has 0 aliphatic heterocycles. The molecule has 0 bridgehead atoms. The van der Waals surface area contributed by atoms with E-state index in [9.17, 15) is 0 Å². The molecule has 5 N–H and O–H groups in total. The fraction of sp³-hybridized carbons (Fsp3) is 1.00. The number of aliphatic hydroxyl groups excluding tert-OH is 1. The predicted octanol–water partition coefficient (Wildman–Crippen LogP) is -1.46. The van der Waals surface area contributed by atoms with E-state index in [0.717, 1.165) is 0 Å². The van der Waals surface area contributed by atoms with Crippen molar-refractivity contribution in [2.75, 3.05) is 26.2 Å². The van der Waals surface area contributed by atoms with Crippen LogP contribution in [0.4, 0.5) is 0 Å². The fourth-order valence-corrected chi connectivity index (χ4v) is 0.817. The maximum absolute atomic E-state index is 9.09. The zero-order valence-electron chi connectivity index (χ0n) is 6.45. The molecule has 0 saturated carbocycles. The summed E-state index contributed by atoms with van der Waals surface area (Å²) in [6.45, 7) is 4.24. The number of hydrogen-bond donors (Lipinski definition) is 3. The largest absolute Gasteiger partial charge is 0.379 e. The van der Waals surface area contributed by atoms with Gasteiger partial charge in [-0.15, -0.1) is 0 Å². The van der Waals surface area contributed by atoms with Gasteiger partial charge in [0.15, 0.2) is 0 Å². The van der Waals surface area contributed by atoms with Gasteiger partial charge in [0.05, 0.1) is 0 Å². The summed E-state index contributed by atoms with van der Waals surface area (Å²) in [5.41, 5.74) is 10.6. The predicted molar refractivity (Wildman–Crippen MR) is 41.4 cm³/mol. The van der Waals surface area contributed by atoms with Gasteiger partial charge in [0, 0.05) is 26.2 Å². The molecule has 62 valence electrons. The van der Waals surface area contributed by atoms with Crippen LogP contribution in [0, 0.1) is 0 Å². The van der Waals surface area contributed by atoms with Crippen LogP contribution in [-0.4, -0.2) is 42.4 Å². The lowest BCUT2D eigenvalue weighted by molar-refractivity contribution is 0.0231. The first kappa shape index (κ1) is 9.84. The quantitative estimate of drug-likeness (QED) is 0.416. The van der Waals surface area contributed by atoms with Crippen molar-refractivity contribution in [3.05, 3.63) is 0 Å². The minimum Gasteiger partial charge on any atom is -0.379 e. The first-order valence-electron chi connectivity index (χ1n) is 3.54. The molecule has 0 heterocycles. The minimum atomic E-state index is -0.438. The van der Waals surface area contributed by atoms with Crippen molar-refractivity contribution in [2.45, 2.75) is 13.2 Å². The normalized spacial score (nSPS) is 14.1. The molecule has 4 heteroatoms. The molecule has 1 atom stereocenters. The highest BCUT2D eigenvalue weighted by molar-refractivity contribution is 4.58. The molecule has 0 rings (SSSR count). The summed E-state index contributed by atoms with van der Waals surface area (Å²) in [6, 6.07) is 0. The van der Waals surface area contributed by atoms with E-state index in [0.29, 0.717) is 26.2 Å². The van der Waals surface area contributed by atoms with E-state index in [4.69, 9.17) is 16.6 Å². The van der Waals surface area contributed by atoms with E-state index in [2.05, 4.69) is 0 Å². The number of nitrogens with zero attached hydrogens (tertiary/aromatic N) is 1. The molecular formula is C6H17N3O. The highest BCUT2D eigenvalue weighted by Crippen LogP contribution is 1.91. The van der Waals surface area contributed by atoms with Crippen molar-refractivity contribution in [3.63, 3.8) is 0 Å². The van der Waals surface area contributed by atoms with Crippen molar-refractivity contribution >= 4 is 0 Å². The Kier molecular flexibility index (Phi) is 5.52. The lowest BCUT2D eigenvalue weighted by atomic mass is 10.4. The molecule has 0 fully saturated rings. The Labute approximate surface area is 61.8 Å². The van der Waals surface area contributed by atoms with Gasteiger partial charge in [-0.05, 0) is 6.92 Å². The molecule has 0 aromatic rings. The second-order valence-corrected chi connectivity index (χ2v) is 2.25. The summed E-state index contributed by atoms with van der Waals surface area (Å²) in [6.07, 6.45) is -0.438. The van der Waals surface area contributed by atoms with Crippen molar-refractivity contribution < 1.29 is 5.11 Å². The third-order valence-electron chi connectivity index (χ3n) is 1.36. The molecule has 10 heavy (non-hydrogen) atoms. The average Bonchev–Trinajstić information content (AvgIpc) is 1.87. The summed E-state index contributed by atoms with van der Waals surface area (Å²) in [7, 11) is 0. The molecule has 4 nitrogen and oxygen atoms in total. The zero-order valence-corrected chi connectivity index (χ0v) is 6.45. The molecule has 0 aromatic carbocycles. The molecule has 0 radical (unpaired) electrons. The summed E-state index contributed by atoms with van der Waals surface area (Å²) in [5, 5.41) is 9.09. The minimum absolute atomic E-state index is 0.438. The third-order valence-corrected chi connectivity index (χ3v) is 1.36. The van der Waals surface area contributed by atoms with Gasteiger partial charge in [0.2, 0.25) is 0 Å². The van der Waals surface area contributed by atoms with E-state index in [1.54, 1.807) is 6.92 Å². The van der Waals surface area contributed by atoms with Gasteiger partial charge in [0.25, 0.3) is 0 Å². The number of aliphatic hydroxyl groups is 1. The third kappa shape index (κ3) is 3.79. The Bertz CT molecular complexity index is 71.4. The lowest BCUT2D eigenvalue weighted by Crippen LogP contribution is -2.40. The Balaban J connectivity index is 3.50. The summed E-state index contributed by atoms with van der Waals surface area (Å²) in [4.78, 5) is 1.83. The molecule has 0 spiro atoms. The van der Waals surface area contributed by atoms with Crippen LogP contribution in [0.3, 0.4) is 0 Å². The van der Waals surface area contributed by atoms with E-state index in [-0.39, 0.29) is 0 Å². The monoisotopic (exact) mass is 147 g/mol. The Morgan fingerprint density at radius 3 is 1.90 bits per heavy atom. The van der Waals surface area contributed by atoms with Crippen molar-refractivity contribution in [3.8, 4) is 0 Å². The summed E-state index contributed by atoms with van der Waals surface area (Å²) >= 11 is 0. The van der Waals surface area contributed by atoms with Gasteiger partial charge in [-0.2, -0.15) is 0 Å². The van der Waals surface area contributed by atoms with Gasteiger partial charge in [0.1, 0.15) is 6.23 Å². The Hall–Kier alpha value is -0.160. The van der Waals surface area contributed by atoms with E-state index < -0.39 is 6.23 Å². The van der Waals surface area contributed by atoms with Gasteiger partial charge in [-0.3, -0.25) is 4.90 Å². The van der Waals surface area contributed by atoms with Crippen LogP contribution in [0.1, 0.15) is 6.92 Å². The standard InChI is InChI=1S/C6H17N3O/c1-6(10)9(4-2-7)5-3-8/h6,10H,2-5,7-8H2,1H3. The second-order valence-electron chi connectivity index (χ2n) is 2.25.